The number of nitrogens with one attached hydrogen (secondary N) is 1. The van der Waals surface area contributed by atoms with Gasteiger partial charge in [-0.05, 0) is 62.7 Å². The number of ether oxygens (including phenoxy) is 1. The first-order chi connectivity index (χ1) is 15.1. The average Bonchev–Trinajstić information content (AvgIpc) is 3.21. The number of benzene rings is 1. The SMILES string of the molecule is CCOc1ccc(-c2cc(C(=O)NCCCN3CC[C@@H](F)C3)c3cnccc3n2)cc1. The largest absolute Gasteiger partial charge is 0.494 e. The summed E-state index contributed by atoms with van der Waals surface area (Å²) in [5, 5.41) is 3.71. The van der Waals surface area contributed by atoms with Gasteiger partial charge < -0.3 is 15.0 Å². The number of nitrogens with zero attached hydrogens (tertiary/aromatic N) is 3. The van der Waals surface area contributed by atoms with Crippen molar-refractivity contribution in [2.24, 2.45) is 0 Å². The fourth-order valence-corrected chi connectivity index (χ4v) is 3.88. The molecular formula is C24H27FN4O2. The molecule has 1 aromatic carbocycles. The van der Waals surface area contributed by atoms with E-state index in [0.717, 1.165) is 47.4 Å². The predicted molar refractivity (Wildman–Crippen MR) is 119 cm³/mol. The molecule has 0 spiro atoms. The molecule has 1 aliphatic heterocycles. The number of alkyl halides is 1. The van der Waals surface area contributed by atoms with Crippen molar-refractivity contribution in [3.63, 3.8) is 0 Å². The van der Waals surface area contributed by atoms with E-state index < -0.39 is 6.17 Å². The number of carbonyl (C=O) groups excluding carboxylic acids is 1. The van der Waals surface area contributed by atoms with Crippen LogP contribution >= 0.6 is 0 Å². The number of aromatic nitrogens is 2. The number of halogens is 1. The molecule has 162 valence electrons. The molecule has 0 radical (unpaired) electrons. The van der Waals surface area contributed by atoms with Crippen molar-refractivity contribution in [2.45, 2.75) is 25.9 Å². The van der Waals surface area contributed by atoms with Gasteiger partial charge in [-0.15, -0.1) is 0 Å². The van der Waals surface area contributed by atoms with Crippen LogP contribution in [0.1, 0.15) is 30.1 Å². The highest BCUT2D eigenvalue weighted by Gasteiger charge is 2.21. The van der Waals surface area contributed by atoms with Crippen LogP contribution in [0, 0.1) is 0 Å². The minimum Gasteiger partial charge on any atom is -0.494 e. The van der Waals surface area contributed by atoms with E-state index >= 15 is 0 Å². The number of carbonyl (C=O) groups is 1. The van der Waals surface area contributed by atoms with Gasteiger partial charge in [0.2, 0.25) is 0 Å². The summed E-state index contributed by atoms with van der Waals surface area (Å²) in [6, 6.07) is 11.3. The van der Waals surface area contributed by atoms with E-state index in [1.807, 2.05) is 43.3 Å². The Bertz CT molecular complexity index is 1040. The maximum Gasteiger partial charge on any atom is 0.252 e. The minimum atomic E-state index is -0.716. The van der Waals surface area contributed by atoms with Crippen LogP contribution in [0.15, 0.2) is 48.8 Å². The van der Waals surface area contributed by atoms with Gasteiger partial charge in [-0.3, -0.25) is 9.78 Å². The Balaban J connectivity index is 1.50. The quantitative estimate of drug-likeness (QED) is 0.559. The lowest BCUT2D eigenvalue weighted by molar-refractivity contribution is 0.0953. The molecule has 1 fully saturated rings. The molecule has 0 saturated carbocycles. The van der Waals surface area contributed by atoms with Crippen molar-refractivity contribution in [1.82, 2.24) is 20.2 Å². The molecule has 1 saturated heterocycles. The molecule has 3 aromatic rings. The molecule has 0 bridgehead atoms. The Kier molecular flexibility index (Phi) is 6.72. The van der Waals surface area contributed by atoms with E-state index in [4.69, 9.17) is 9.72 Å². The second kappa shape index (κ2) is 9.83. The monoisotopic (exact) mass is 422 g/mol. The van der Waals surface area contributed by atoms with Crippen molar-refractivity contribution < 1.29 is 13.9 Å². The second-order valence-corrected chi connectivity index (χ2v) is 7.70. The van der Waals surface area contributed by atoms with Gasteiger partial charge in [-0.1, -0.05) is 0 Å². The van der Waals surface area contributed by atoms with Gasteiger partial charge in [0.05, 0.1) is 23.4 Å². The molecule has 0 aliphatic carbocycles. The van der Waals surface area contributed by atoms with E-state index in [9.17, 15) is 9.18 Å². The fraction of sp³-hybridized carbons (Fsp3) is 0.375. The van der Waals surface area contributed by atoms with Gasteiger partial charge in [-0.2, -0.15) is 0 Å². The fourth-order valence-electron chi connectivity index (χ4n) is 3.88. The smallest absolute Gasteiger partial charge is 0.252 e. The van der Waals surface area contributed by atoms with Crippen LogP contribution < -0.4 is 10.1 Å². The third kappa shape index (κ3) is 5.17. The molecule has 31 heavy (non-hydrogen) atoms. The summed E-state index contributed by atoms with van der Waals surface area (Å²) < 4.78 is 18.8. The van der Waals surface area contributed by atoms with E-state index in [-0.39, 0.29) is 5.91 Å². The standard InChI is InChI=1S/C24H27FN4O2/c1-2-31-19-6-4-17(5-7-19)23-14-20(21-15-26-11-8-22(21)28-23)24(30)27-10-3-12-29-13-9-18(25)16-29/h4-8,11,14-15,18H,2-3,9-10,12-13,16H2,1H3,(H,27,30)/t18-/m1/s1. The summed E-state index contributed by atoms with van der Waals surface area (Å²) >= 11 is 0. The highest BCUT2D eigenvalue weighted by Crippen LogP contribution is 2.26. The normalized spacial score (nSPS) is 16.5. The molecule has 7 heteroatoms. The summed E-state index contributed by atoms with van der Waals surface area (Å²) in [7, 11) is 0. The lowest BCUT2D eigenvalue weighted by Gasteiger charge is -2.15. The van der Waals surface area contributed by atoms with Gasteiger partial charge in [-0.25, -0.2) is 9.37 Å². The Morgan fingerprint density at radius 1 is 1.29 bits per heavy atom. The molecule has 2 aromatic heterocycles. The number of hydrogen-bond donors (Lipinski definition) is 1. The number of hydrogen-bond acceptors (Lipinski definition) is 5. The predicted octanol–water partition coefficient (Wildman–Crippen LogP) is 3.86. The summed E-state index contributed by atoms with van der Waals surface area (Å²) in [4.78, 5) is 24.0. The van der Waals surface area contributed by atoms with Crippen LogP contribution in [0.5, 0.6) is 5.75 Å². The van der Waals surface area contributed by atoms with Crippen molar-refractivity contribution >= 4 is 16.8 Å². The number of amides is 1. The van der Waals surface area contributed by atoms with Crippen LogP contribution in [-0.4, -0.2) is 59.7 Å². The molecule has 6 nitrogen and oxygen atoms in total. The molecule has 3 heterocycles. The minimum absolute atomic E-state index is 0.155. The van der Waals surface area contributed by atoms with Crippen LogP contribution in [0.4, 0.5) is 4.39 Å². The van der Waals surface area contributed by atoms with Gasteiger partial charge in [0.1, 0.15) is 11.9 Å². The Hall–Kier alpha value is -3.06. The number of fused-ring (bicyclic) bond motifs is 1. The Labute approximate surface area is 181 Å². The second-order valence-electron chi connectivity index (χ2n) is 7.70. The lowest BCUT2D eigenvalue weighted by Crippen LogP contribution is -2.29. The Morgan fingerprint density at radius 3 is 2.87 bits per heavy atom. The van der Waals surface area contributed by atoms with Gasteiger partial charge >= 0.3 is 0 Å². The lowest BCUT2D eigenvalue weighted by atomic mass is 10.0. The summed E-state index contributed by atoms with van der Waals surface area (Å²) in [5.41, 5.74) is 2.90. The van der Waals surface area contributed by atoms with Crippen LogP contribution in [0.3, 0.4) is 0 Å². The molecule has 1 amide bonds. The highest BCUT2D eigenvalue weighted by molar-refractivity contribution is 6.06. The third-order valence-electron chi connectivity index (χ3n) is 5.47. The number of likely N-dealkylation sites (tertiary alicyclic amines) is 1. The zero-order valence-electron chi connectivity index (χ0n) is 17.7. The van der Waals surface area contributed by atoms with E-state index in [0.29, 0.717) is 31.7 Å². The first-order valence-electron chi connectivity index (χ1n) is 10.8. The maximum absolute atomic E-state index is 13.3. The number of rotatable bonds is 8. The van der Waals surface area contributed by atoms with Crippen molar-refractivity contribution in [3.05, 3.63) is 54.4 Å². The first kappa shape index (κ1) is 21.2. The first-order valence-corrected chi connectivity index (χ1v) is 10.8. The van der Waals surface area contributed by atoms with E-state index in [2.05, 4.69) is 15.2 Å². The molecular weight excluding hydrogens is 395 g/mol. The maximum atomic E-state index is 13.3. The molecule has 1 N–H and O–H groups in total. The van der Waals surface area contributed by atoms with Gasteiger partial charge in [0.25, 0.3) is 5.91 Å². The number of pyridine rings is 2. The molecule has 1 atom stereocenters. The summed E-state index contributed by atoms with van der Waals surface area (Å²) in [6.45, 7) is 5.17. The summed E-state index contributed by atoms with van der Waals surface area (Å²) in [6.07, 6.45) is 4.02. The zero-order chi connectivity index (χ0) is 21.6. The zero-order valence-corrected chi connectivity index (χ0v) is 17.7. The average molecular weight is 423 g/mol. The molecule has 0 unspecified atom stereocenters. The molecule has 4 rings (SSSR count). The Morgan fingerprint density at radius 2 is 2.13 bits per heavy atom. The van der Waals surface area contributed by atoms with Crippen molar-refractivity contribution in [3.8, 4) is 17.0 Å². The van der Waals surface area contributed by atoms with Crippen molar-refractivity contribution in [2.75, 3.05) is 32.8 Å². The van der Waals surface area contributed by atoms with Crippen LogP contribution in [0.25, 0.3) is 22.2 Å². The van der Waals surface area contributed by atoms with E-state index in [1.54, 1.807) is 12.4 Å². The van der Waals surface area contributed by atoms with Crippen LogP contribution in [0.2, 0.25) is 0 Å². The third-order valence-corrected chi connectivity index (χ3v) is 5.47. The molecule has 1 aliphatic rings. The van der Waals surface area contributed by atoms with Gasteiger partial charge in [0, 0.05) is 43.0 Å². The van der Waals surface area contributed by atoms with Gasteiger partial charge in [0.15, 0.2) is 0 Å². The highest BCUT2D eigenvalue weighted by atomic mass is 19.1. The van der Waals surface area contributed by atoms with Crippen molar-refractivity contribution in [1.29, 1.82) is 0 Å². The topological polar surface area (TPSA) is 67.3 Å². The summed E-state index contributed by atoms with van der Waals surface area (Å²) in [5.74, 6) is 0.642. The van der Waals surface area contributed by atoms with Crippen LogP contribution in [-0.2, 0) is 0 Å². The van der Waals surface area contributed by atoms with E-state index in [1.165, 1.54) is 0 Å².